The van der Waals surface area contributed by atoms with E-state index in [-0.39, 0.29) is 5.97 Å². The molecule has 0 aromatic heterocycles. The van der Waals surface area contributed by atoms with Gasteiger partial charge in [-0.2, -0.15) is 0 Å². The molecule has 1 N–H and O–H groups in total. The van der Waals surface area contributed by atoms with Gasteiger partial charge in [-0.25, -0.2) is 4.79 Å². The molecule has 0 saturated heterocycles. The summed E-state index contributed by atoms with van der Waals surface area (Å²) in [6.07, 6.45) is 3.14. The molecular weight excluding hydrogens is 305 g/mol. The van der Waals surface area contributed by atoms with E-state index in [2.05, 4.69) is 32.6 Å². The number of ether oxygens (including phenoxy) is 1. The highest BCUT2D eigenvalue weighted by Gasteiger charge is 1.95. The Morgan fingerprint density at radius 2 is 2.27 bits per heavy atom. The summed E-state index contributed by atoms with van der Waals surface area (Å²) in [5, 5.41) is 3.19. The van der Waals surface area contributed by atoms with Crippen molar-refractivity contribution in [2.24, 2.45) is 0 Å². The highest BCUT2D eigenvalue weighted by Crippen LogP contribution is 2.16. The molecule has 0 radical (unpaired) electrons. The number of anilines is 1. The molecule has 0 amide bonds. The number of nitrogens with one attached hydrogen (secondary N) is 1. The standard InChI is InChI=1S/C11H12INO2/c1-15-11(14)7-4-8-13-10-6-3-2-5-9(10)12/h2-7,13H,8H2,1H3/b7-4+. The lowest BCUT2D eigenvalue weighted by molar-refractivity contribution is -0.134. The minimum absolute atomic E-state index is 0.334. The van der Waals surface area contributed by atoms with Crippen molar-refractivity contribution in [1.82, 2.24) is 0 Å². The molecule has 0 spiro atoms. The van der Waals surface area contributed by atoms with E-state index in [0.717, 1.165) is 9.26 Å². The molecule has 1 aromatic rings. The molecule has 0 fully saturated rings. The van der Waals surface area contributed by atoms with Gasteiger partial charge in [0.2, 0.25) is 0 Å². The zero-order chi connectivity index (χ0) is 11.1. The van der Waals surface area contributed by atoms with Gasteiger partial charge in [-0.15, -0.1) is 0 Å². The predicted molar refractivity (Wildman–Crippen MR) is 68.8 cm³/mol. The van der Waals surface area contributed by atoms with Gasteiger partial charge in [0, 0.05) is 21.9 Å². The van der Waals surface area contributed by atoms with Crippen LogP contribution in [0.5, 0.6) is 0 Å². The maximum Gasteiger partial charge on any atom is 0.330 e. The molecule has 1 rings (SSSR count). The first-order valence-electron chi connectivity index (χ1n) is 4.47. The molecule has 3 nitrogen and oxygen atoms in total. The van der Waals surface area contributed by atoms with Crippen LogP contribution < -0.4 is 5.32 Å². The Balaban J connectivity index is 2.41. The number of benzene rings is 1. The zero-order valence-corrected chi connectivity index (χ0v) is 10.5. The molecule has 0 aliphatic carbocycles. The number of halogens is 1. The number of rotatable bonds is 4. The molecule has 4 heteroatoms. The Morgan fingerprint density at radius 1 is 1.53 bits per heavy atom. The van der Waals surface area contributed by atoms with Gasteiger partial charge < -0.3 is 10.1 Å². The van der Waals surface area contributed by atoms with Crippen LogP contribution in [0.4, 0.5) is 5.69 Å². The SMILES string of the molecule is COC(=O)/C=C/CNc1ccccc1I. The van der Waals surface area contributed by atoms with Gasteiger partial charge >= 0.3 is 5.97 Å². The fourth-order valence-electron chi connectivity index (χ4n) is 0.997. The molecule has 1 aromatic carbocycles. The van der Waals surface area contributed by atoms with Crippen molar-refractivity contribution in [2.75, 3.05) is 19.0 Å². The number of esters is 1. The highest BCUT2D eigenvalue weighted by molar-refractivity contribution is 14.1. The minimum atomic E-state index is -0.334. The van der Waals surface area contributed by atoms with E-state index in [0.29, 0.717) is 6.54 Å². The summed E-state index contributed by atoms with van der Waals surface area (Å²) in [5.41, 5.74) is 1.06. The van der Waals surface area contributed by atoms with Crippen LogP contribution in [0.1, 0.15) is 0 Å². The molecule has 15 heavy (non-hydrogen) atoms. The number of methoxy groups -OCH3 is 1. The minimum Gasteiger partial charge on any atom is -0.466 e. The third kappa shape index (κ3) is 4.33. The van der Waals surface area contributed by atoms with E-state index in [9.17, 15) is 4.79 Å². The average molecular weight is 317 g/mol. The second-order valence-electron chi connectivity index (χ2n) is 2.79. The fourth-order valence-corrected chi connectivity index (χ4v) is 1.57. The van der Waals surface area contributed by atoms with Crippen LogP contribution in [-0.4, -0.2) is 19.6 Å². The van der Waals surface area contributed by atoms with E-state index in [1.54, 1.807) is 6.08 Å². The first kappa shape index (κ1) is 12.0. The van der Waals surface area contributed by atoms with Gasteiger partial charge in [0.1, 0.15) is 0 Å². The van der Waals surface area contributed by atoms with Gasteiger partial charge in [-0.05, 0) is 34.7 Å². The smallest absolute Gasteiger partial charge is 0.330 e. The molecule has 0 aliphatic rings. The van der Waals surface area contributed by atoms with Gasteiger partial charge in [0.25, 0.3) is 0 Å². The first-order chi connectivity index (χ1) is 7.24. The lowest BCUT2D eigenvalue weighted by atomic mass is 10.3. The molecule has 0 saturated carbocycles. The van der Waals surface area contributed by atoms with Crippen LogP contribution in [0.25, 0.3) is 0 Å². The van der Waals surface area contributed by atoms with Crippen molar-refractivity contribution in [3.05, 3.63) is 40.0 Å². The second-order valence-corrected chi connectivity index (χ2v) is 3.95. The molecule has 80 valence electrons. The topological polar surface area (TPSA) is 38.3 Å². The second kappa shape index (κ2) is 6.44. The van der Waals surface area contributed by atoms with E-state index in [1.165, 1.54) is 13.2 Å². The van der Waals surface area contributed by atoms with Crippen molar-refractivity contribution in [3.63, 3.8) is 0 Å². The summed E-state index contributed by atoms with van der Waals surface area (Å²) in [6.45, 7) is 0.606. The number of hydrogen-bond donors (Lipinski definition) is 1. The molecular formula is C11H12INO2. The summed E-state index contributed by atoms with van der Waals surface area (Å²) in [7, 11) is 1.36. The molecule has 0 unspecified atom stereocenters. The Morgan fingerprint density at radius 3 is 2.93 bits per heavy atom. The van der Waals surface area contributed by atoms with Crippen LogP contribution in [-0.2, 0) is 9.53 Å². The van der Waals surface area contributed by atoms with Gasteiger partial charge in [0.15, 0.2) is 0 Å². The lowest BCUT2D eigenvalue weighted by Crippen LogP contribution is -2.01. The van der Waals surface area contributed by atoms with Crippen LogP contribution in [0, 0.1) is 3.57 Å². The summed E-state index contributed by atoms with van der Waals surface area (Å²) >= 11 is 2.25. The van der Waals surface area contributed by atoms with Crippen molar-refractivity contribution in [3.8, 4) is 0 Å². The van der Waals surface area contributed by atoms with E-state index in [4.69, 9.17) is 0 Å². The first-order valence-corrected chi connectivity index (χ1v) is 5.55. The number of carbonyl (C=O) groups is 1. The summed E-state index contributed by atoms with van der Waals surface area (Å²) in [4.78, 5) is 10.8. The van der Waals surface area contributed by atoms with Crippen LogP contribution >= 0.6 is 22.6 Å². The van der Waals surface area contributed by atoms with Crippen molar-refractivity contribution < 1.29 is 9.53 Å². The van der Waals surface area contributed by atoms with E-state index in [1.807, 2.05) is 24.3 Å². The largest absolute Gasteiger partial charge is 0.466 e. The normalized spacial score (nSPS) is 10.3. The van der Waals surface area contributed by atoms with Gasteiger partial charge in [-0.3, -0.25) is 0 Å². The van der Waals surface area contributed by atoms with Gasteiger partial charge in [0.05, 0.1) is 7.11 Å². The summed E-state index contributed by atoms with van der Waals surface area (Å²) in [5.74, 6) is -0.334. The summed E-state index contributed by atoms with van der Waals surface area (Å²) < 4.78 is 5.63. The number of hydrogen-bond acceptors (Lipinski definition) is 3. The quantitative estimate of drug-likeness (QED) is 0.527. The molecule has 0 atom stereocenters. The Bertz CT molecular complexity index is 363. The molecule has 0 heterocycles. The highest BCUT2D eigenvalue weighted by atomic mass is 127. The summed E-state index contributed by atoms with van der Waals surface area (Å²) in [6, 6.07) is 7.96. The van der Waals surface area contributed by atoms with Crippen molar-refractivity contribution >= 4 is 34.2 Å². The number of para-hydroxylation sites is 1. The maximum absolute atomic E-state index is 10.8. The average Bonchev–Trinajstić information content (AvgIpc) is 2.26. The lowest BCUT2D eigenvalue weighted by Gasteiger charge is -2.04. The van der Waals surface area contributed by atoms with E-state index < -0.39 is 0 Å². The van der Waals surface area contributed by atoms with Crippen LogP contribution in [0.3, 0.4) is 0 Å². The Kier molecular flexibility index (Phi) is 5.17. The van der Waals surface area contributed by atoms with Gasteiger partial charge in [-0.1, -0.05) is 18.2 Å². The zero-order valence-electron chi connectivity index (χ0n) is 8.37. The van der Waals surface area contributed by atoms with Crippen LogP contribution in [0.15, 0.2) is 36.4 Å². The fraction of sp³-hybridized carbons (Fsp3) is 0.182. The predicted octanol–water partition coefficient (Wildman–Crippen LogP) is 2.43. The molecule has 0 aliphatic heterocycles. The third-order valence-corrected chi connectivity index (χ3v) is 2.68. The van der Waals surface area contributed by atoms with Crippen molar-refractivity contribution in [1.29, 1.82) is 0 Å². The van der Waals surface area contributed by atoms with Crippen molar-refractivity contribution in [2.45, 2.75) is 0 Å². The monoisotopic (exact) mass is 317 g/mol. The Labute approximate surface area is 103 Å². The Hall–Kier alpha value is -1.04. The van der Waals surface area contributed by atoms with Crippen LogP contribution in [0.2, 0.25) is 0 Å². The maximum atomic E-state index is 10.8. The number of carbonyl (C=O) groups excluding carboxylic acids is 1. The van der Waals surface area contributed by atoms with E-state index >= 15 is 0 Å². The molecule has 0 bridgehead atoms. The third-order valence-electron chi connectivity index (χ3n) is 1.74.